The number of carbonyl (C=O) groups excluding carboxylic acids is 1. The Hall–Kier alpha value is -3.13. The van der Waals surface area contributed by atoms with Crippen molar-refractivity contribution in [3.63, 3.8) is 0 Å². The quantitative estimate of drug-likeness (QED) is 0.0863. The molecule has 0 saturated carbocycles. The molecule has 2 heteroatoms. The Balaban J connectivity index is 1.29. The molecule has 0 radical (unpaired) electrons. The Morgan fingerprint density at radius 1 is 0.525 bits per heavy atom. The molecule has 0 heterocycles. The van der Waals surface area contributed by atoms with Crippen LogP contribution in [0.25, 0.3) is 0 Å². The van der Waals surface area contributed by atoms with Crippen LogP contribution in [0.4, 0.5) is 0 Å². The summed E-state index contributed by atoms with van der Waals surface area (Å²) >= 11 is 0. The predicted molar refractivity (Wildman–Crippen MR) is 170 cm³/mol. The average Bonchev–Trinajstić information content (AvgIpc) is 2.98. The number of aryl methyl sites for hydroxylation is 6. The molecule has 0 aliphatic carbocycles. The molecular weight excluding hydrogens is 488 g/mol. The largest absolute Gasteiger partial charge is 0.462 e. The molecule has 0 aliphatic rings. The van der Waals surface area contributed by atoms with E-state index < -0.39 is 0 Å². The predicted octanol–water partition coefficient (Wildman–Crippen LogP) is 9.60. The highest BCUT2D eigenvalue weighted by Gasteiger charge is 2.03. The van der Waals surface area contributed by atoms with Crippen LogP contribution in [-0.4, -0.2) is 12.6 Å². The van der Waals surface area contributed by atoms with Crippen LogP contribution in [0.3, 0.4) is 0 Å². The third-order valence-electron chi connectivity index (χ3n) is 7.73. The second kappa shape index (κ2) is 18.3. The lowest BCUT2D eigenvalue weighted by Crippen LogP contribution is -2.06. The van der Waals surface area contributed by atoms with Gasteiger partial charge in [0.2, 0.25) is 0 Å². The maximum atomic E-state index is 11.4. The molecule has 3 aromatic rings. The molecule has 0 N–H and O–H groups in total. The number of hydrogen-bond acceptors (Lipinski definition) is 2. The van der Waals surface area contributed by atoms with E-state index in [1.807, 2.05) is 0 Å². The molecule has 0 aliphatic heterocycles. The third-order valence-corrected chi connectivity index (χ3v) is 7.73. The third kappa shape index (κ3) is 12.4. The van der Waals surface area contributed by atoms with Crippen LogP contribution in [0.1, 0.15) is 98.6 Å². The van der Waals surface area contributed by atoms with Crippen LogP contribution < -0.4 is 0 Å². The van der Waals surface area contributed by atoms with Gasteiger partial charge in [-0.05, 0) is 98.1 Å². The Labute approximate surface area is 243 Å². The first kappa shape index (κ1) is 31.4. The van der Waals surface area contributed by atoms with Gasteiger partial charge in [0.25, 0.3) is 0 Å². The van der Waals surface area contributed by atoms with Gasteiger partial charge in [0.15, 0.2) is 0 Å². The van der Waals surface area contributed by atoms with E-state index in [0.29, 0.717) is 12.2 Å². The van der Waals surface area contributed by atoms with Crippen molar-refractivity contribution in [3.05, 3.63) is 118 Å². The summed E-state index contributed by atoms with van der Waals surface area (Å²) in [6.07, 6.45) is 16.3. The summed E-state index contributed by atoms with van der Waals surface area (Å²) < 4.78 is 5.15. The van der Waals surface area contributed by atoms with Crippen molar-refractivity contribution >= 4 is 5.97 Å². The topological polar surface area (TPSA) is 26.3 Å². The van der Waals surface area contributed by atoms with E-state index in [2.05, 4.69) is 86.3 Å². The van der Waals surface area contributed by atoms with E-state index in [1.165, 1.54) is 71.9 Å². The van der Waals surface area contributed by atoms with Crippen LogP contribution in [0, 0.1) is 0 Å². The fraction of sp³-hybridized carbons (Fsp3) is 0.447. The molecule has 3 aromatic carbocycles. The van der Waals surface area contributed by atoms with Gasteiger partial charge in [0.05, 0.1) is 6.61 Å². The SMILES string of the molecule is C=C(C)C(=O)OCCCCCCc1ccc(CCc2ccc(CCc3ccc(CCCCCC)cc3)cc2)cc1. The normalized spacial score (nSPS) is 10.9. The van der Waals surface area contributed by atoms with Gasteiger partial charge in [-0.2, -0.15) is 0 Å². The van der Waals surface area contributed by atoms with E-state index in [-0.39, 0.29) is 5.97 Å². The van der Waals surface area contributed by atoms with Crippen LogP contribution >= 0.6 is 0 Å². The second-order valence-corrected chi connectivity index (χ2v) is 11.3. The number of unbranched alkanes of at least 4 members (excludes halogenated alkanes) is 6. The summed E-state index contributed by atoms with van der Waals surface area (Å²) in [7, 11) is 0. The van der Waals surface area contributed by atoms with E-state index in [1.54, 1.807) is 6.92 Å². The highest BCUT2D eigenvalue weighted by molar-refractivity contribution is 5.86. The first-order chi connectivity index (χ1) is 19.5. The molecule has 0 saturated heterocycles. The second-order valence-electron chi connectivity index (χ2n) is 11.3. The maximum absolute atomic E-state index is 11.4. The Kier molecular flexibility index (Phi) is 14.3. The lowest BCUT2D eigenvalue weighted by molar-refractivity contribution is -0.139. The number of benzene rings is 3. The summed E-state index contributed by atoms with van der Waals surface area (Å²) in [4.78, 5) is 11.4. The van der Waals surface area contributed by atoms with E-state index in [4.69, 9.17) is 4.74 Å². The van der Waals surface area contributed by atoms with E-state index >= 15 is 0 Å². The molecule has 0 atom stereocenters. The minimum Gasteiger partial charge on any atom is -0.462 e. The van der Waals surface area contributed by atoms with Crippen molar-refractivity contribution in [3.8, 4) is 0 Å². The van der Waals surface area contributed by atoms with Crippen molar-refractivity contribution in [1.29, 1.82) is 0 Å². The van der Waals surface area contributed by atoms with Crippen molar-refractivity contribution in [1.82, 2.24) is 0 Å². The molecule has 0 bridgehead atoms. The van der Waals surface area contributed by atoms with Crippen LogP contribution in [0.2, 0.25) is 0 Å². The van der Waals surface area contributed by atoms with Crippen molar-refractivity contribution < 1.29 is 9.53 Å². The molecule has 0 fully saturated rings. The number of hydrogen-bond donors (Lipinski definition) is 0. The molecule has 214 valence electrons. The fourth-order valence-corrected chi connectivity index (χ4v) is 5.02. The minimum absolute atomic E-state index is 0.280. The zero-order valence-corrected chi connectivity index (χ0v) is 25.1. The molecule has 3 rings (SSSR count). The first-order valence-electron chi connectivity index (χ1n) is 15.6. The Morgan fingerprint density at radius 3 is 1.20 bits per heavy atom. The smallest absolute Gasteiger partial charge is 0.333 e. The molecular formula is C38H50O2. The summed E-state index contributed by atoms with van der Waals surface area (Å²) in [6.45, 7) is 8.05. The Bertz CT molecular complexity index is 1120. The molecule has 2 nitrogen and oxygen atoms in total. The summed E-state index contributed by atoms with van der Waals surface area (Å²) in [6, 6.07) is 27.7. The van der Waals surface area contributed by atoms with Gasteiger partial charge >= 0.3 is 5.97 Å². The number of carbonyl (C=O) groups is 1. The van der Waals surface area contributed by atoms with Crippen LogP contribution in [0.15, 0.2) is 84.9 Å². The maximum Gasteiger partial charge on any atom is 0.333 e. The standard InChI is InChI=1S/C38H50O2/c1-4-5-6-9-12-32-14-18-34(19-15-32)22-24-36-26-28-37(29-27-36)25-23-35-20-16-33(17-21-35)13-10-7-8-11-30-40-38(39)31(2)3/h14-21,26-29H,2,4-13,22-25,30H2,1,3H3. The average molecular weight is 539 g/mol. The summed E-state index contributed by atoms with van der Waals surface area (Å²) in [5, 5.41) is 0. The molecule has 0 unspecified atom stereocenters. The first-order valence-corrected chi connectivity index (χ1v) is 15.6. The Morgan fingerprint density at radius 2 is 0.850 bits per heavy atom. The van der Waals surface area contributed by atoms with Gasteiger partial charge in [0.1, 0.15) is 0 Å². The van der Waals surface area contributed by atoms with Crippen LogP contribution in [0.5, 0.6) is 0 Å². The van der Waals surface area contributed by atoms with Crippen molar-refractivity contribution in [2.45, 2.75) is 104 Å². The monoisotopic (exact) mass is 538 g/mol. The van der Waals surface area contributed by atoms with Gasteiger partial charge in [0, 0.05) is 5.57 Å². The highest BCUT2D eigenvalue weighted by atomic mass is 16.5. The number of ether oxygens (including phenoxy) is 1. The lowest BCUT2D eigenvalue weighted by Gasteiger charge is -2.07. The summed E-state index contributed by atoms with van der Waals surface area (Å²) in [5.74, 6) is -0.280. The number of esters is 1. The van der Waals surface area contributed by atoms with Crippen molar-refractivity contribution in [2.75, 3.05) is 6.61 Å². The van der Waals surface area contributed by atoms with E-state index in [9.17, 15) is 4.79 Å². The summed E-state index contributed by atoms with van der Waals surface area (Å²) in [5.41, 5.74) is 9.03. The molecule has 0 spiro atoms. The molecule has 0 aromatic heterocycles. The lowest BCUT2D eigenvalue weighted by atomic mass is 9.98. The fourth-order valence-electron chi connectivity index (χ4n) is 5.02. The van der Waals surface area contributed by atoms with Gasteiger partial charge in [-0.15, -0.1) is 0 Å². The van der Waals surface area contributed by atoms with Crippen LogP contribution in [-0.2, 0) is 48.1 Å². The van der Waals surface area contributed by atoms with Gasteiger partial charge in [-0.3, -0.25) is 0 Å². The minimum atomic E-state index is -0.280. The van der Waals surface area contributed by atoms with Crippen molar-refractivity contribution in [2.24, 2.45) is 0 Å². The number of rotatable bonds is 19. The molecule has 0 amide bonds. The van der Waals surface area contributed by atoms with Gasteiger partial charge in [-0.1, -0.05) is 118 Å². The van der Waals surface area contributed by atoms with E-state index in [0.717, 1.165) is 51.4 Å². The molecule has 40 heavy (non-hydrogen) atoms. The zero-order chi connectivity index (χ0) is 28.4. The highest BCUT2D eigenvalue weighted by Crippen LogP contribution is 2.15. The van der Waals surface area contributed by atoms with Gasteiger partial charge in [-0.25, -0.2) is 4.79 Å². The van der Waals surface area contributed by atoms with Gasteiger partial charge < -0.3 is 4.74 Å². The zero-order valence-electron chi connectivity index (χ0n) is 25.1.